The van der Waals surface area contributed by atoms with Crippen molar-refractivity contribution in [2.45, 2.75) is 46.6 Å². The number of fused-ring (bicyclic) bond motifs is 2. The van der Waals surface area contributed by atoms with Crippen molar-refractivity contribution in [3.63, 3.8) is 0 Å². The Hall–Kier alpha value is -4.13. The molecule has 0 radical (unpaired) electrons. The number of hydrogen-bond donors (Lipinski definition) is 0. The second-order valence-electron chi connectivity index (χ2n) is 9.28. The number of aromatic nitrogens is 1. The third-order valence-corrected chi connectivity index (χ3v) is 6.51. The molecule has 3 heterocycles. The molecule has 5 rings (SSSR count). The van der Waals surface area contributed by atoms with E-state index in [1.165, 1.54) is 4.90 Å². The lowest BCUT2D eigenvalue weighted by Crippen LogP contribution is -2.30. The van der Waals surface area contributed by atoms with Gasteiger partial charge in [0.2, 0.25) is 5.76 Å². The summed E-state index contributed by atoms with van der Waals surface area (Å²) in [6, 6.07) is 13.9. The van der Waals surface area contributed by atoms with Gasteiger partial charge in [-0.1, -0.05) is 31.0 Å². The number of nitrogens with zero attached hydrogens (tertiary/aromatic N) is 2. The Morgan fingerprint density at radius 1 is 0.946 bits per heavy atom. The molecule has 0 saturated heterocycles. The molecular weight excluding hydrogens is 468 g/mol. The number of aryl methyl sites for hydroxylation is 2. The molecule has 1 aliphatic rings. The Balaban J connectivity index is 1.72. The second kappa shape index (κ2) is 10.1. The maximum atomic E-state index is 13.9. The van der Waals surface area contributed by atoms with E-state index < -0.39 is 11.9 Å². The number of amides is 1. The Morgan fingerprint density at radius 3 is 2.51 bits per heavy atom. The number of carbonyl (C=O) groups excluding carboxylic acids is 1. The molecule has 0 fully saturated rings. The molecule has 190 valence electrons. The predicted molar refractivity (Wildman–Crippen MR) is 143 cm³/mol. The molecule has 1 atom stereocenters. The van der Waals surface area contributed by atoms with Crippen molar-refractivity contribution in [2.75, 3.05) is 18.1 Å². The molecule has 1 aliphatic heterocycles. The molecule has 0 spiro atoms. The lowest BCUT2D eigenvalue weighted by molar-refractivity contribution is 0.0970. The topological polar surface area (TPSA) is 81.9 Å². The van der Waals surface area contributed by atoms with Crippen molar-refractivity contribution in [3.05, 3.63) is 93.0 Å². The van der Waals surface area contributed by atoms with Gasteiger partial charge in [0.1, 0.15) is 11.4 Å². The number of rotatable bonds is 8. The molecule has 7 heteroatoms. The van der Waals surface area contributed by atoms with E-state index >= 15 is 0 Å². The highest BCUT2D eigenvalue weighted by Gasteiger charge is 2.44. The van der Waals surface area contributed by atoms with E-state index in [1.54, 1.807) is 18.3 Å². The number of ether oxygens (including phenoxy) is 2. The van der Waals surface area contributed by atoms with E-state index in [0.717, 1.165) is 24.0 Å². The summed E-state index contributed by atoms with van der Waals surface area (Å²) in [5.41, 5.74) is 3.05. The molecule has 0 aliphatic carbocycles. The zero-order valence-corrected chi connectivity index (χ0v) is 21.5. The van der Waals surface area contributed by atoms with Crippen LogP contribution in [-0.2, 0) is 0 Å². The van der Waals surface area contributed by atoms with Crippen LogP contribution in [0, 0.1) is 13.8 Å². The van der Waals surface area contributed by atoms with Crippen LogP contribution < -0.4 is 19.8 Å². The van der Waals surface area contributed by atoms with Crippen LogP contribution in [0.1, 0.15) is 65.5 Å². The number of pyridine rings is 1. The minimum Gasteiger partial charge on any atom is -0.490 e. The average molecular weight is 499 g/mol. The van der Waals surface area contributed by atoms with Gasteiger partial charge in [0.25, 0.3) is 5.91 Å². The Labute approximate surface area is 215 Å². The molecule has 2 aromatic heterocycles. The minimum absolute atomic E-state index is 0.0379. The fourth-order valence-electron chi connectivity index (χ4n) is 4.70. The van der Waals surface area contributed by atoms with Crippen molar-refractivity contribution in [1.82, 2.24) is 4.98 Å². The number of unbranched alkanes of at least 4 members (excludes halogenated alkanes) is 1. The summed E-state index contributed by atoms with van der Waals surface area (Å²) in [6.07, 6.45) is 3.60. The smallest absolute Gasteiger partial charge is 0.296 e. The quantitative estimate of drug-likeness (QED) is 0.272. The highest BCUT2D eigenvalue weighted by Crippen LogP contribution is 2.43. The van der Waals surface area contributed by atoms with E-state index in [2.05, 4.69) is 11.9 Å². The van der Waals surface area contributed by atoms with E-state index in [0.29, 0.717) is 52.6 Å². The Kier molecular flexibility index (Phi) is 6.70. The largest absolute Gasteiger partial charge is 0.490 e. The average Bonchev–Trinajstić information content (AvgIpc) is 3.18. The first-order valence-electron chi connectivity index (χ1n) is 12.7. The first-order chi connectivity index (χ1) is 17.9. The summed E-state index contributed by atoms with van der Waals surface area (Å²) in [4.78, 5) is 33.7. The zero-order chi connectivity index (χ0) is 26.1. The highest BCUT2D eigenvalue weighted by molar-refractivity contribution is 6.10. The molecule has 4 aromatic rings. The van der Waals surface area contributed by atoms with Gasteiger partial charge in [0.05, 0.1) is 30.2 Å². The van der Waals surface area contributed by atoms with Crippen molar-refractivity contribution in [1.29, 1.82) is 0 Å². The van der Waals surface area contributed by atoms with Gasteiger partial charge in [-0.15, -0.1) is 0 Å². The van der Waals surface area contributed by atoms with Crippen LogP contribution in [0.5, 0.6) is 11.5 Å². The minimum atomic E-state index is -0.734. The fraction of sp³-hybridized carbons (Fsp3) is 0.300. The summed E-state index contributed by atoms with van der Waals surface area (Å²) in [6.45, 7) is 8.89. The van der Waals surface area contributed by atoms with Gasteiger partial charge < -0.3 is 13.9 Å². The molecule has 1 amide bonds. The number of carbonyl (C=O) groups is 1. The van der Waals surface area contributed by atoms with Gasteiger partial charge in [-0.25, -0.2) is 4.98 Å². The van der Waals surface area contributed by atoms with Crippen molar-refractivity contribution in [2.24, 2.45) is 0 Å². The summed E-state index contributed by atoms with van der Waals surface area (Å²) in [5.74, 6) is 1.28. The first kappa shape index (κ1) is 24.6. The fourth-order valence-corrected chi connectivity index (χ4v) is 4.70. The Morgan fingerprint density at radius 2 is 1.76 bits per heavy atom. The van der Waals surface area contributed by atoms with Gasteiger partial charge in [0, 0.05) is 6.20 Å². The van der Waals surface area contributed by atoms with Gasteiger partial charge >= 0.3 is 0 Å². The van der Waals surface area contributed by atoms with Crippen LogP contribution in [0.15, 0.2) is 63.9 Å². The zero-order valence-electron chi connectivity index (χ0n) is 21.5. The summed E-state index contributed by atoms with van der Waals surface area (Å²) in [5, 5.41) is 0.445. The molecule has 37 heavy (non-hydrogen) atoms. The maximum Gasteiger partial charge on any atom is 0.296 e. The molecule has 1 unspecified atom stereocenters. The summed E-state index contributed by atoms with van der Waals surface area (Å²) in [7, 11) is 0. The van der Waals surface area contributed by atoms with Gasteiger partial charge in [-0.3, -0.25) is 14.5 Å². The van der Waals surface area contributed by atoms with Crippen LogP contribution in [0.3, 0.4) is 0 Å². The van der Waals surface area contributed by atoms with Crippen molar-refractivity contribution >= 4 is 22.7 Å². The molecule has 0 bridgehead atoms. The lowest BCUT2D eigenvalue weighted by Gasteiger charge is -2.25. The van der Waals surface area contributed by atoms with Gasteiger partial charge in [0.15, 0.2) is 16.9 Å². The van der Waals surface area contributed by atoms with Crippen LogP contribution in [0.25, 0.3) is 11.0 Å². The van der Waals surface area contributed by atoms with Crippen LogP contribution in [0.4, 0.5) is 5.82 Å². The standard InChI is InChI=1S/C30H30N2O5/c1-5-7-14-36-23-11-9-20(17-24(23)35-6-2)27-26-28(33)21-15-18(3)8-10-22(21)37-29(26)30(34)32(27)25-16-19(4)12-13-31-25/h8-13,15-17,27H,5-7,14H2,1-4H3. The number of benzene rings is 2. The van der Waals surface area contributed by atoms with Gasteiger partial charge in [-0.05, 0) is 74.7 Å². The third-order valence-electron chi connectivity index (χ3n) is 6.51. The molecule has 0 saturated carbocycles. The van der Waals surface area contributed by atoms with E-state index in [4.69, 9.17) is 13.9 Å². The Bertz CT molecular complexity index is 1540. The normalized spacial score (nSPS) is 14.8. The molecule has 0 N–H and O–H groups in total. The monoisotopic (exact) mass is 498 g/mol. The van der Waals surface area contributed by atoms with Crippen molar-refractivity contribution < 1.29 is 18.7 Å². The van der Waals surface area contributed by atoms with Crippen LogP contribution in [0.2, 0.25) is 0 Å². The van der Waals surface area contributed by atoms with Crippen LogP contribution >= 0.6 is 0 Å². The first-order valence-corrected chi connectivity index (χ1v) is 12.7. The second-order valence-corrected chi connectivity index (χ2v) is 9.28. The maximum absolute atomic E-state index is 13.9. The lowest BCUT2D eigenvalue weighted by atomic mass is 9.97. The highest BCUT2D eigenvalue weighted by atomic mass is 16.5. The number of hydrogen-bond acceptors (Lipinski definition) is 6. The predicted octanol–water partition coefficient (Wildman–Crippen LogP) is 6.13. The number of anilines is 1. The summed E-state index contributed by atoms with van der Waals surface area (Å²) >= 11 is 0. The van der Waals surface area contributed by atoms with Gasteiger partial charge in [-0.2, -0.15) is 0 Å². The third kappa shape index (κ3) is 4.46. The molecular formula is C30H30N2O5. The molecule has 7 nitrogen and oxygen atoms in total. The van der Waals surface area contributed by atoms with E-state index in [9.17, 15) is 9.59 Å². The molecule has 2 aromatic carbocycles. The SMILES string of the molecule is CCCCOc1ccc(C2c3c(oc4ccc(C)cc4c3=O)C(=O)N2c2cc(C)ccn2)cc1OCC. The van der Waals surface area contributed by atoms with Crippen LogP contribution in [-0.4, -0.2) is 24.1 Å². The van der Waals surface area contributed by atoms with Crippen molar-refractivity contribution in [3.8, 4) is 11.5 Å². The summed E-state index contributed by atoms with van der Waals surface area (Å²) < 4.78 is 18.0. The van der Waals surface area contributed by atoms with E-state index in [1.807, 2.05) is 57.2 Å². The van der Waals surface area contributed by atoms with E-state index in [-0.39, 0.29) is 11.2 Å².